The molecule has 0 atom stereocenters. The van der Waals surface area contributed by atoms with Crippen LogP contribution in [0.5, 0.6) is 0 Å². The van der Waals surface area contributed by atoms with E-state index in [9.17, 15) is 0 Å². The highest BCUT2D eigenvalue weighted by molar-refractivity contribution is 6.23. The lowest BCUT2D eigenvalue weighted by Crippen LogP contribution is -2.15. The summed E-state index contributed by atoms with van der Waals surface area (Å²) in [5.41, 5.74) is 14.7. The number of fused-ring (bicyclic) bond motifs is 10. The number of para-hydroxylation sites is 2. The Bertz CT molecular complexity index is 4190. The molecule has 0 N–H and O–H groups in total. The Labute approximate surface area is 409 Å². The van der Waals surface area contributed by atoms with E-state index in [4.69, 9.17) is 29.9 Å². The molecule has 0 bridgehead atoms. The zero-order chi connectivity index (χ0) is 47.2. The number of rotatable bonds is 7. The topological polar surface area (TPSA) is 87.2 Å². The van der Waals surface area contributed by atoms with Crippen molar-refractivity contribution in [2.45, 2.75) is 19.3 Å². The van der Waals surface area contributed by atoms with Crippen molar-refractivity contribution in [1.82, 2.24) is 39.0 Å². The molecule has 1 aliphatic rings. The molecule has 0 radical (unpaired) electrons. The Morgan fingerprint density at radius 3 is 1.31 bits per heavy atom. The van der Waals surface area contributed by atoms with Gasteiger partial charge in [0.25, 0.3) is 0 Å². The van der Waals surface area contributed by atoms with E-state index in [1.807, 2.05) is 97.1 Å². The van der Waals surface area contributed by atoms with Crippen LogP contribution in [0.4, 0.5) is 0 Å². The predicted molar refractivity (Wildman–Crippen MR) is 287 cm³/mol. The summed E-state index contributed by atoms with van der Waals surface area (Å²) in [4.78, 5) is 31.2. The Morgan fingerprint density at radius 2 is 0.732 bits per heavy atom. The highest BCUT2D eigenvalue weighted by atomic mass is 15.2. The van der Waals surface area contributed by atoms with E-state index in [1.54, 1.807) is 0 Å². The first-order chi connectivity index (χ1) is 35.0. The number of aromatic nitrogens is 8. The fraction of sp³-hybridized carbons (Fsp3) is 0.0476. The largest absolute Gasteiger partial charge is 0.307 e. The molecule has 334 valence electrons. The first-order valence-corrected chi connectivity index (χ1v) is 24.0. The van der Waals surface area contributed by atoms with Gasteiger partial charge in [0.15, 0.2) is 29.1 Å². The average Bonchev–Trinajstić information content (AvgIpc) is 4.04. The zero-order valence-corrected chi connectivity index (χ0v) is 38.9. The van der Waals surface area contributed by atoms with Gasteiger partial charge in [-0.2, -0.15) is 9.97 Å². The summed E-state index contributed by atoms with van der Waals surface area (Å²) in [5, 5.41) is 4.53. The molecule has 8 heteroatoms. The lowest BCUT2D eigenvalue weighted by Gasteiger charge is -2.22. The number of nitrogens with zero attached hydrogens (tertiary/aromatic N) is 8. The fourth-order valence-electron chi connectivity index (χ4n) is 10.9. The second-order valence-electron chi connectivity index (χ2n) is 18.7. The van der Waals surface area contributed by atoms with E-state index in [1.165, 1.54) is 27.6 Å². The lowest BCUT2D eigenvalue weighted by molar-refractivity contribution is 0.660. The van der Waals surface area contributed by atoms with Crippen LogP contribution in [0.15, 0.2) is 218 Å². The van der Waals surface area contributed by atoms with Crippen molar-refractivity contribution >= 4 is 43.6 Å². The highest BCUT2D eigenvalue weighted by Crippen LogP contribution is 2.50. The van der Waals surface area contributed by atoms with Gasteiger partial charge in [-0.25, -0.2) is 19.9 Å². The summed E-state index contributed by atoms with van der Waals surface area (Å²) in [5.74, 6) is 3.34. The van der Waals surface area contributed by atoms with Gasteiger partial charge in [0, 0.05) is 60.5 Å². The van der Waals surface area contributed by atoms with Crippen LogP contribution in [0.2, 0.25) is 0 Å². The third kappa shape index (κ3) is 6.45. The maximum atomic E-state index is 5.47. The third-order valence-electron chi connectivity index (χ3n) is 14.2. The molecular weight excluding hydrogens is 869 g/mol. The molecule has 0 amide bonds. The molecule has 4 aromatic heterocycles. The normalized spacial score (nSPS) is 12.8. The number of benzene rings is 9. The van der Waals surface area contributed by atoms with Gasteiger partial charge in [0.05, 0.1) is 22.1 Å². The first kappa shape index (κ1) is 40.6. The Hall–Kier alpha value is -9.40. The van der Waals surface area contributed by atoms with Crippen LogP contribution in [0.25, 0.3) is 123 Å². The van der Waals surface area contributed by atoms with E-state index in [-0.39, 0.29) is 5.41 Å². The molecule has 1 aliphatic carbocycles. The van der Waals surface area contributed by atoms with Gasteiger partial charge in [-0.15, -0.1) is 0 Å². The SMILES string of the molecule is CC1(C)c2ccccc2-c2ccc(-n3c4ccccc4c4ccc5c6ccccc6n(-c6nc(-c7ccccc7)nc(-c7cccc(-c8nc(-c9ccccc9)nc(-c9ccccc9)n8)c7)n6)c5c43)cc21. The minimum absolute atomic E-state index is 0.171. The van der Waals surface area contributed by atoms with Gasteiger partial charge in [-0.3, -0.25) is 4.57 Å². The minimum atomic E-state index is -0.171. The minimum Gasteiger partial charge on any atom is -0.307 e. The first-order valence-electron chi connectivity index (χ1n) is 24.0. The molecule has 0 unspecified atom stereocenters. The van der Waals surface area contributed by atoms with Crippen LogP contribution in [0, 0.1) is 0 Å². The van der Waals surface area contributed by atoms with E-state index in [0.717, 1.165) is 71.7 Å². The summed E-state index contributed by atoms with van der Waals surface area (Å²) in [6.45, 7) is 4.69. The molecule has 4 heterocycles. The van der Waals surface area contributed by atoms with Crippen molar-refractivity contribution in [2.75, 3.05) is 0 Å². The van der Waals surface area contributed by atoms with Crippen molar-refractivity contribution in [3.8, 4) is 79.7 Å². The fourth-order valence-corrected chi connectivity index (χ4v) is 10.9. The molecule has 0 spiro atoms. The van der Waals surface area contributed by atoms with Crippen LogP contribution >= 0.6 is 0 Å². The molecule has 9 aromatic carbocycles. The lowest BCUT2D eigenvalue weighted by atomic mass is 9.82. The molecule has 71 heavy (non-hydrogen) atoms. The molecule has 13 aromatic rings. The van der Waals surface area contributed by atoms with Crippen molar-refractivity contribution in [2.24, 2.45) is 0 Å². The van der Waals surface area contributed by atoms with Crippen molar-refractivity contribution in [3.05, 3.63) is 230 Å². The van der Waals surface area contributed by atoms with Crippen molar-refractivity contribution in [1.29, 1.82) is 0 Å². The quantitative estimate of drug-likeness (QED) is 0.158. The maximum Gasteiger partial charge on any atom is 0.238 e. The van der Waals surface area contributed by atoms with E-state index in [0.29, 0.717) is 35.1 Å². The van der Waals surface area contributed by atoms with Gasteiger partial charge in [-0.1, -0.05) is 202 Å². The molecule has 14 rings (SSSR count). The van der Waals surface area contributed by atoms with E-state index < -0.39 is 0 Å². The highest BCUT2D eigenvalue weighted by Gasteiger charge is 2.36. The second-order valence-corrected chi connectivity index (χ2v) is 18.7. The van der Waals surface area contributed by atoms with Crippen LogP contribution in [0.1, 0.15) is 25.0 Å². The van der Waals surface area contributed by atoms with E-state index >= 15 is 0 Å². The molecule has 0 saturated carbocycles. The van der Waals surface area contributed by atoms with Crippen LogP contribution in [-0.4, -0.2) is 39.0 Å². The van der Waals surface area contributed by atoms with Gasteiger partial charge >= 0.3 is 0 Å². The van der Waals surface area contributed by atoms with Gasteiger partial charge < -0.3 is 4.57 Å². The summed E-state index contributed by atoms with van der Waals surface area (Å²) in [6.07, 6.45) is 0. The Kier molecular flexibility index (Phi) is 9.06. The summed E-state index contributed by atoms with van der Waals surface area (Å²) < 4.78 is 4.70. The van der Waals surface area contributed by atoms with Gasteiger partial charge in [0.1, 0.15) is 0 Å². The van der Waals surface area contributed by atoms with E-state index in [2.05, 4.69) is 144 Å². The van der Waals surface area contributed by atoms with Crippen LogP contribution < -0.4 is 0 Å². The monoisotopic (exact) mass is 910 g/mol. The van der Waals surface area contributed by atoms with Crippen molar-refractivity contribution < 1.29 is 0 Å². The summed E-state index contributed by atoms with van der Waals surface area (Å²) in [6, 6.07) is 76.1. The maximum absolute atomic E-state index is 5.47. The summed E-state index contributed by atoms with van der Waals surface area (Å²) >= 11 is 0. The molecule has 0 aliphatic heterocycles. The molecule has 0 fully saturated rings. The van der Waals surface area contributed by atoms with Crippen LogP contribution in [0.3, 0.4) is 0 Å². The van der Waals surface area contributed by atoms with Crippen LogP contribution in [-0.2, 0) is 5.41 Å². The smallest absolute Gasteiger partial charge is 0.238 e. The average molecular weight is 911 g/mol. The van der Waals surface area contributed by atoms with Gasteiger partial charge in [0.2, 0.25) is 5.95 Å². The molecule has 8 nitrogen and oxygen atoms in total. The molecular formula is C63H42N8. The molecule has 0 saturated heterocycles. The number of hydrogen-bond donors (Lipinski definition) is 0. The van der Waals surface area contributed by atoms with Gasteiger partial charge in [-0.05, 0) is 52.6 Å². The zero-order valence-electron chi connectivity index (χ0n) is 38.9. The summed E-state index contributed by atoms with van der Waals surface area (Å²) in [7, 11) is 0. The third-order valence-corrected chi connectivity index (χ3v) is 14.2. The second kappa shape index (κ2) is 15.8. The standard InChI is InChI=1S/C63H42N8/c1-63(2)51-30-15-12-27-45(51)46-34-33-44(38-52(46)63)70-53-31-16-13-28-47(53)49-35-36-50-48-29-14-17-32-54(48)71(56(50)55(49)70)62-68-59(41-23-10-5-11-24-41)67-61(69-62)43-26-18-25-42(37-43)60-65-57(39-19-6-3-7-20-39)64-58(66-60)40-21-8-4-9-22-40/h3-38H,1-2H3. The Morgan fingerprint density at radius 1 is 0.310 bits per heavy atom. The number of hydrogen-bond acceptors (Lipinski definition) is 6. The predicted octanol–water partition coefficient (Wildman–Crippen LogP) is 14.9. The Balaban J connectivity index is 1.01. The van der Waals surface area contributed by atoms with Crippen molar-refractivity contribution in [3.63, 3.8) is 0 Å².